The fourth-order valence-corrected chi connectivity index (χ4v) is 9.30. The number of amides is 1. The number of nitrogens with two attached hydrogens (primary N) is 1. The van der Waals surface area contributed by atoms with Gasteiger partial charge in [0.2, 0.25) is 11.8 Å². The van der Waals surface area contributed by atoms with Crippen molar-refractivity contribution in [3.05, 3.63) is 127 Å². The summed E-state index contributed by atoms with van der Waals surface area (Å²) in [7, 11) is 4.71. The molecule has 0 fully saturated rings. The number of imidazole rings is 3. The predicted molar refractivity (Wildman–Crippen MR) is 256 cm³/mol. The number of aromatic carboxylic acids is 2. The summed E-state index contributed by atoms with van der Waals surface area (Å²) in [6, 6.07) is 22.5. The first kappa shape index (κ1) is 46.5. The number of pyridine rings is 2. The molecule has 8 heterocycles. The van der Waals surface area contributed by atoms with Crippen LogP contribution in [0.25, 0.3) is 45.5 Å². The number of nitrogen functional groups attached to an aromatic ring is 1. The van der Waals surface area contributed by atoms with E-state index in [1.165, 1.54) is 59.7 Å². The molecule has 3 aromatic carbocycles. The number of carbonyl (C=O) groups excluding carboxylic acids is 1. The van der Waals surface area contributed by atoms with Crippen LogP contribution in [0.15, 0.2) is 110 Å². The quantitative estimate of drug-likeness (QED) is 0.0874. The highest BCUT2D eigenvalue weighted by atomic mass is 32.1. The number of hydrogen-bond donors (Lipinski definition) is 6. The number of fused-ring (bicyclic) bond motifs is 9. The van der Waals surface area contributed by atoms with Crippen molar-refractivity contribution in [2.45, 2.75) is 7.43 Å². The number of carboxylic acids is 2. The van der Waals surface area contributed by atoms with E-state index >= 15 is 0 Å². The zero-order valence-corrected chi connectivity index (χ0v) is 37.0. The zero-order valence-electron chi connectivity index (χ0n) is 34.5. The van der Waals surface area contributed by atoms with Crippen LogP contribution in [0.5, 0.6) is 29.0 Å². The molecule has 0 spiro atoms. The standard InChI is InChI=1S/C16H12N4O3S.C11H8N2O3S.C10H6N2O3S.C6H8N2O.CH4/c1-23-14-5-2-9(7-17-14)18-15(22)11-8-20-12-4-3-10(21)6-13(12)24-16(20)19-11;1-16-6-2-3-8-9(4-6)17-11-12-7(10(14)15)5-13(8)11;13-5-1-2-7-8(3-5)16-10-11-6(9(14)15)4-12(7)10;1-9-6-3-2-5(7)4-8-6;/h2-8,21H,1H3,(H,18,22);2-5H,1H3,(H,14,15);1-4,13H,(H,14,15);2-4H,7H2,1H3;1H4. The van der Waals surface area contributed by atoms with E-state index in [0.717, 1.165) is 36.4 Å². The Morgan fingerprint density at radius 1 is 0.582 bits per heavy atom. The maximum atomic E-state index is 12.3. The van der Waals surface area contributed by atoms with Gasteiger partial charge in [-0.05, 0) is 66.7 Å². The Kier molecular flexibility index (Phi) is 13.6. The van der Waals surface area contributed by atoms with Gasteiger partial charge >= 0.3 is 11.9 Å². The van der Waals surface area contributed by atoms with Gasteiger partial charge in [0, 0.05) is 30.7 Å². The van der Waals surface area contributed by atoms with Gasteiger partial charge in [-0.1, -0.05) is 41.4 Å². The van der Waals surface area contributed by atoms with Crippen molar-refractivity contribution in [3.8, 4) is 29.0 Å². The van der Waals surface area contributed by atoms with Gasteiger partial charge in [-0.25, -0.2) is 34.5 Å². The second kappa shape index (κ2) is 19.7. The van der Waals surface area contributed by atoms with Gasteiger partial charge in [0.15, 0.2) is 26.3 Å². The van der Waals surface area contributed by atoms with E-state index in [4.69, 9.17) is 30.2 Å². The Hall–Kier alpha value is -8.54. The summed E-state index contributed by atoms with van der Waals surface area (Å²) < 4.78 is 23.0. The minimum atomic E-state index is -1.04. The van der Waals surface area contributed by atoms with Crippen LogP contribution in [0.1, 0.15) is 38.9 Å². The van der Waals surface area contributed by atoms with Gasteiger partial charge < -0.3 is 45.7 Å². The van der Waals surface area contributed by atoms with Crippen LogP contribution in [0.3, 0.4) is 0 Å². The van der Waals surface area contributed by atoms with Crippen molar-refractivity contribution in [2.24, 2.45) is 0 Å². The number of phenols is 2. The second-order valence-electron chi connectivity index (χ2n) is 13.6. The van der Waals surface area contributed by atoms with Gasteiger partial charge in [0.1, 0.15) is 22.9 Å². The van der Waals surface area contributed by atoms with E-state index < -0.39 is 11.9 Å². The molecule has 23 heteroatoms. The minimum Gasteiger partial charge on any atom is -0.508 e. The third-order valence-electron chi connectivity index (χ3n) is 9.30. The predicted octanol–water partition coefficient (Wildman–Crippen LogP) is 8.43. The molecule has 0 aliphatic heterocycles. The minimum absolute atomic E-state index is 0. The number of aromatic hydroxyl groups is 2. The summed E-state index contributed by atoms with van der Waals surface area (Å²) in [6.07, 6.45) is 7.76. The Morgan fingerprint density at radius 2 is 1.03 bits per heavy atom. The maximum absolute atomic E-state index is 12.3. The number of carbonyl (C=O) groups is 3. The van der Waals surface area contributed by atoms with Gasteiger partial charge in [0.25, 0.3) is 5.91 Å². The lowest BCUT2D eigenvalue weighted by Gasteiger charge is -2.03. The van der Waals surface area contributed by atoms with E-state index in [2.05, 4.69) is 30.2 Å². The lowest BCUT2D eigenvalue weighted by atomic mass is 10.3. The Labute approximate surface area is 390 Å². The van der Waals surface area contributed by atoms with E-state index in [9.17, 15) is 24.6 Å². The molecule has 342 valence electrons. The number of rotatable bonds is 7. The van der Waals surface area contributed by atoms with Crippen LogP contribution in [0.4, 0.5) is 11.4 Å². The molecule has 8 aromatic heterocycles. The fourth-order valence-electron chi connectivity index (χ4n) is 6.19. The highest BCUT2D eigenvalue weighted by Gasteiger charge is 2.17. The Bertz CT molecular complexity index is 3560. The van der Waals surface area contributed by atoms with E-state index in [-0.39, 0.29) is 36.2 Å². The molecule has 0 saturated heterocycles. The first-order valence-corrected chi connectivity index (χ1v) is 21.5. The summed E-state index contributed by atoms with van der Waals surface area (Å²) in [5.41, 5.74) is 9.65. The molecule has 0 saturated carbocycles. The van der Waals surface area contributed by atoms with E-state index in [1.807, 2.05) is 22.6 Å². The number of benzene rings is 3. The molecule has 67 heavy (non-hydrogen) atoms. The number of nitrogens with one attached hydrogen (secondary N) is 1. The second-order valence-corrected chi connectivity index (χ2v) is 16.6. The lowest BCUT2D eigenvalue weighted by Crippen LogP contribution is -2.12. The fraction of sp³-hybridized carbons (Fsp3) is 0.0909. The molecule has 20 nitrogen and oxygen atoms in total. The average molecular weight is 963 g/mol. The number of methoxy groups -OCH3 is 3. The smallest absolute Gasteiger partial charge is 0.356 e. The molecule has 0 radical (unpaired) electrons. The molecular formula is C44H38N10O10S3. The molecular weight excluding hydrogens is 925 g/mol. The van der Waals surface area contributed by atoms with Gasteiger partial charge in [-0.2, -0.15) is 0 Å². The van der Waals surface area contributed by atoms with Crippen LogP contribution in [0.2, 0.25) is 0 Å². The number of carboxylic acid groups (broad SMARTS) is 2. The molecule has 0 bridgehead atoms. The number of anilines is 2. The van der Waals surface area contributed by atoms with Crippen molar-refractivity contribution in [3.63, 3.8) is 0 Å². The summed E-state index contributed by atoms with van der Waals surface area (Å²) in [6.45, 7) is 0. The number of phenolic OH excluding ortho intramolecular Hbond substituents is 2. The highest BCUT2D eigenvalue weighted by molar-refractivity contribution is 7.24. The van der Waals surface area contributed by atoms with Crippen molar-refractivity contribution in [1.29, 1.82) is 0 Å². The molecule has 0 unspecified atom stereocenters. The van der Waals surface area contributed by atoms with Gasteiger partial charge in [-0.3, -0.25) is 18.0 Å². The van der Waals surface area contributed by atoms with E-state index in [1.54, 1.807) is 96.1 Å². The third-order valence-corrected chi connectivity index (χ3v) is 12.4. The molecule has 0 aliphatic carbocycles. The van der Waals surface area contributed by atoms with Crippen LogP contribution < -0.4 is 25.3 Å². The van der Waals surface area contributed by atoms with Crippen LogP contribution >= 0.6 is 34.0 Å². The van der Waals surface area contributed by atoms with Crippen LogP contribution in [-0.4, -0.2) is 97.7 Å². The van der Waals surface area contributed by atoms with Crippen LogP contribution in [-0.2, 0) is 0 Å². The summed E-state index contributed by atoms with van der Waals surface area (Å²) in [5, 5.41) is 39.3. The van der Waals surface area contributed by atoms with Crippen LogP contribution in [0, 0.1) is 0 Å². The molecule has 0 aliphatic rings. The van der Waals surface area contributed by atoms with E-state index in [0.29, 0.717) is 43.7 Å². The lowest BCUT2D eigenvalue weighted by molar-refractivity contribution is 0.0680. The Morgan fingerprint density at radius 3 is 1.46 bits per heavy atom. The normalized spacial score (nSPS) is 10.7. The Balaban J connectivity index is 0.000000138. The highest BCUT2D eigenvalue weighted by Crippen LogP contribution is 2.32. The zero-order chi connectivity index (χ0) is 46.6. The molecule has 11 rings (SSSR count). The van der Waals surface area contributed by atoms with Crippen molar-refractivity contribution >= 4 is 109 Å². The number of aromatic nitrogens is 8. The topological polar surface area (TPSA) is 276 Å². The molecule has 7 N–H and O–H groups in total. The SMILES string of the molecule is C.COc1ccc(N)cn1.COc1ccc(NC(=O)c2cn3c(n2)sc2cc(O)ccc23)cn1.COc1ccc2c(c1)sc1nc(C(=O)O)cn12.O=C(O)c1cn2c(n1)sc1cc(O)ccc12. The first-order valence-electron chi connectivity index (χ1n) is 19.0. The number of hydrogen-bond acceptors (Lipinski definition) is 17. The summed E-state index contributed by atoms with van der Waals surface area (Å²) >= 11 is 4.19. The summed E-state index contributed by atoms with van der Waals surface area (Å²) in [4.78, 5) is 56.1. The monoisotopic (exact) mass is 962 g/mol. The molecule has 1 amide bonds. The van der Waals surface area contributed by atoms with Gasteiger partial charge in [0.05, 0.1) is 75.7 Å². The maximum Gasteiger partial charge on any atom is 0.356 e. The van der Waals surface area contributed by atoms with Crippen molar-refractivity contribution in [1.82, 2.24) is 38.1 Å². The molecule has 11 aromatic rings. The van der Waals surface area contributed by atoms with Crippen molar-refractivity contribution in [2.75, 3.05) is 32.4 Å². The average Bonchev–Trinajstić information content (AvgIpc) is 4.16. The van der Waals surface area contributed by atoms with Gasteiger partial charge in [-0.15, -0.1) is 0 Å². The first-order chi connectivity index (χ1) is 31.8. The van der Waals surface area contributed by atoms with Crippen molar-refractivity contribution < 1.29 is 49.0 Å². The molecule has 0 atom stereocenters. The number of thiazole rings is 3. The largest absolute Gasteiger partial charge is 0.508 e. The third kappa shape index (κ3) is 10.1. The number of ether oxygens (including phenoxy) is 3. The summed E-state index contributed by atoms with van der Waals surface area (Å²) in [5.74, 6) is -0.127. The number of nitrogens with zero attached hydrogens (tertiary/aromatic N) is 8.